The van der Waals surface area contributed by atoms with E-state index in [0.717, 1.165) is 0 Å². The van der Waals surface area contributed by atoms with Crippen molar-refractivity contribution >= 4 is 35.1 Å². The second-order valence-electron chi connectivity index (χ2n) is 7.40. The number of nitrogens with zero attached hydrogens (tertiary/aromatic N) is 1. The Bertz CT molecular complexity index is 990. The molecule has 0 aliphatic carbocycles. The van der Waals surface area contributed by atoms with E-state index in [1.165, 1.54) is 29.2 Å². The second kappa shape index (κ2) is 6.80. The summed E-state index contributed by atoms with van der Waals surface area (Å²) in [5.41, 5.74) is 6.27. The number of benzene rings is 2. The summed E-state index contributed by atoms with van der Waals surface area (Å²) in [6.07, 6.45) is 0. The fourth-order valence-corrected chi connectivity index (χ4v) is 2.94. The molecule has 0 aromatic heterocycles. The third-order valence-corrected chi connectivity index (χ3v) is 4.24. The number of amides is 5. The SMILES string of the molecule is CC(C)(C)N1C(=O)c2ccc(NC(=O)Nc3ccc(C(N)=O)cc3)cc2C1=O. The number of nitrogens with two attached hydrogens (primary N) is 1. The molecule has 0 unspecified atom stereocenters. The highest BCUT2D eigenvalue weighted by Gasteiger charge is 2.41. The maximum absolute atomic E-state index is 12.6. The normalized spacial score (nSPS) is 13.3. The Kier molecular flexibility index (Phi) is 4.64. The van der Waals surface area contributed by atoms with Crippen molar-refractivity contribution in [2.24, 2.45) is 5.73 Å². The molecule has 0 radical (unpaired) electrons. The molecule has 4 N–H and O–H groups in total. The zero-order chi connectivity index (χ0) is 20.6. The first-order valence-electron chi connectivity index (χ1n) is 8.59. The number of nitrogens with one attached hydrogen (secondary N) is 2. The number of hydrogen-bond acceptors (Lipinski definition) is 4. The van der Waals surface area contributed by atoms with Gasteiger partial charge in [-0.3, -0.25) is 19.3 Å². The molecule has 2 aromatic carbocycles. The van der Waals surface area contributed by atoms with Gasteiger partial charge in [-0.25, -0.2) is 4.79 Å². The number of carbonyl (C=O) groups is 4. The van der Waals surface area contributed by atoms with E-state index in [-0.39, 0.29) is 11.5 Å². The van der Waals surface area contributed by atoms with Crippen molar-refractivity contribution in [1.82, 2.24) is 4.90 Å². The largest absolute Gasteiger partial charge is 0.366 e. The minimum Gasteiger partial charge on any atom is -0.366 e. The number of fused-ring (bicyclic) bond motifs is 1. The molecule has 1 aliphatic rings. The van der Waals surface area contributed by atoms with Gasteiger partial charge in [-0.15, -0.1) is 0 Å². The molecule has 0 fully saturated rings. The lowest BCUT2D eigenvalue weighted by atomic mass is 10.1. The molecule has 3 rings (SSSR count). The van der Waals surface area contributed by atoms with Gasteiger partial charge in [0.1, 0.15) is 0 Å². The van der Waals surface area contributed by atoms with Gasteiger partial charge in [-0.1, -0.05) is 0 Å². The molecule has 0 spiro atoms. The molecule has 144 valence electrons. The van der Waals surface area contributed by atoms with Gasteiger partial charge in [0.2, 0.25) is 5.91 Å². The second-order valence-corrected chi connectivity index (χ2v) is 7.40. The predicted octanol–water partition coefficient (Wildman–Crippen LogP) is 2.82. The molecule has 8 nitrogen and oxygen atoms in total. The average Bonchev–Trinajstić information content (AvgIpc) is 2.85. The van der Waals surface area contributed by atoms with Crippen LogP contribution in [0, 0.1) is 0 Å². The number of anilines is 2. The van der Waals surface area contributed by atoms with Crippen molar-refractivity contribution in [2.75, 3.05) is 10.6 Å². The van der Waals surface area contributed by atoms with Crippen LogP contribution in [0.3, 0.4) is 0 Å². The molecular formula is C20H20N4O4. The average molecular weight is 380 g/mol. The van der Waals surface area contributed by atoms with Crippen LogP contribution in [0.1, 0.15) is 51.8 Å². The summed E-state index contributed by atoms with van der Waals surface area (Å²) in [6.45, 7) is 5.35. The van der Waals surface area contributed by atoms with Crippen molar-refractivity contribution in [3.8, 4) is 0 Å². The van der Waals surface area contributed by atoms with Crippen LogP contribution < -0.4 is 16.4 Å². The van der Waals surface area contributed by atoms with E-state index >= 15 is 0 Å². The van der Waals surface area contributed by atoms with E-state index in [1.54, 1.807) is 39.0 Å². The molecule has 0 saturated heterocycles. The lowest BCUT2D eigenvalue weighted by molar-refractivity contribution is 0.0507. The van der Waals surface area contributed by atoms with Gasteiger partial charge in [0.15, 0.2) is 0 Å². The van der Waals surface area contributed by atoms with Gasteiger partial charge in [0, 0.05) is 22.5 Å². The highest BCUT2D eigenvalue weighted by atomic mass is 16.2. The maximum Gasteiger partial charge on any atom is 0.323 e. The van der Waals surface area contributed by atoms with Crippen LogP contribution in [0.2, 0.25) is 0 Å². The zero-order valence-corrected chi connectivity index (χ0v) is 15.7. The monoisotopic (exact) mass is 380 g/mol. The molecule has 0 bridgehead atoms. The summed E-state index contributed by atoms with van der Waals surface area (Å²) in [6, 6.07) is 10.1. The van der Waals surface area contributed by atoms with Crippen molar-refractivity contribution in [3.05, 3.63) is 59.2 Å². The Hall–Kier alpha value is -3.68. The molecule has 0 saturated carbocycles. The first-order valence-corrected chi connectivity index (χ1v) is 8.59. The van der Waals surface area contributed by atoms with Gasteiger partial charge in [-0.2, -0.15) is 0 Å². The van der Waals surface area contributed by atoms with Crippen LogP contribution >= 0.6 is 0 Å². The molecule has 5 amide bonds. The molecule has 28 heavy (non-hydrogen) atoms. The van der Waals surface area contributed by atoms with Gasteiger partial charge in [0.05, 0.1) is 11.1 Å². The Morgan fingerprint density at radius 2 is 1.39 bits per heavy atom. The standard InChI is InChI=1S/C20H20N4O4/c1-20(2,3)24-17(26)14-9-8-13(10-15(14)18(24)27)23-19(28)22-12-6-4-11(5-7-12)16(21)25/h4-10H,1-3H3,(H2,21,25)(H2,22,23,28). The summed E-state index contributed by atoms with van der Waals surface area (Å²) in [5.74, 6) is -1.30. The van der Waals surface area contributed by atoms with Crippen LogP contribution in [-0.2, 0) is 0 Å². The Balaban J connectivity index is 1.74. The quantitative estimate of drug-likeness (QED) is 0.709. The minimum absolute atomic E-state index is 0.253. The highest BCUT2D eigenvalue weighted by Crippen LogP contribution is 2.31. The zero-order valence-electron chi connectivity index (χ0n) is 15.7. The molecular weight excluding hydrogens is 360 g/mol. The van der Waals surface area contributed by atoms with Crippen molar-refractivity contribution in [3.63, 3.8) is 0 Å². The van der Waals surface area contributed by atoms with E-state index in [2.05, 4.69) is 10.6 Å². The summed E-state index contributed by atoms with van der Waals surface area (Å²) in [5, 5.41) is 5.24. The lowest BCUT2D eigenvalue weighted by Gasteiger charge is -2.29. The van der Waals surface area contributed by atoms with Crippen LogP contribution in [0.15, 0.2) is 42.5 Å². The van der Waals surface area contributed by atoms with Crippen LogP contribution in [-0.4, -0.2) is 34.2 Å². The summed E-state index contributed by atoms with van der Waals surface area (Å²) in [7, 11) is 0. The number of carbonyl (C=O) groups excluding carboxylic acids is 4. The van der Waals surface area contributed by atoms with Gasteiger partial charge < -0.3 is 16.4 Å². The fourth-order valence-electron chi connectivity index (χ4n) is 2.94. The van der Waals surface area contributed by atoms with Crippen LogP contribution in [0.25, 0.3) is 0 Å². The number of hydrogen-bond donors (Lipinski definition) is 3. The number of urea groups is 1. The van der Waals surface area contributed by atoms with Crippen molar-refractivity contribution in [2.45, 2.75) is 26.3 Å². The van der Waals surface area contributed by atoms with Gasteiger partial charge in [-0.05, 0) is 63.2 Å². The Morgan fingerprint density at radius 3 is 1.96 bits per heavy atom. The molecule has 1 heterocycles. The number of rotatable bonds is 3. The summed E-state index contributed by atoms with van der Waals surface area (Å²) in [4.78, 5) is 49.6. The summed E-state index contributed by atoms with van der Waals surface area (Å²) < 4.78 is 0. The van der Waals surface area contributed by atoms with Gasteiger partial charge in [0.25, 0.3) is 11.8 Å². The van der Waals surface area contributed by atoms with E-state index in [9.17, 15) is 19.2 Å². The molecule has 8 heteroatoms. The van der Waals surface area contributed by atoms with E-state index in [1.807, 2.05) is 0 Å². The maximum atomic E-state index is 12.6. The molecule has 1 aliphatic heterocycles. The Morgan fingerprint density at radius 1 is 0.857 bits per heavy atom. The van der Waals surface area contributed by atoms with E-state index < -0.39 is 23.4 Å². The van der Waals surface area contributed by atoms with Crippen LogP contribution in [0.4, 0.5) is 16.2 Å². The molecule has 0 atom stereocenters. The first-order chi connectivity index (χ1) is 13.1. The third-order valence-electron chi connectivity index (χ3n) is 4.24. The van der Waals surface area contributed by atoms with Gasteiger partial charge >= 0.3 is 6.03 Å². The lowest BCUT2D eigenvalue weighted by Crippen LogP contribution is -2.45. The topological polar surface area (TPSA) is 122 Å². The highest BCUT2D eigenvalue weighted by molar-refractivity contribution is 6.22. The van der Waals surface area contributed by atoms with Crippen molar-refractivity contribution < 1.29 is 19.2 Å². The van der Waals surface area contributed by atoms with E-state index in [0.29, 0.717) is 22.5 Å². The number of imide groups is 1. The number of primary amides is 1. The minimum atomic E-state index is -0.644. The Labute approximate surface area is 161 Å². The smallest absolute Gasteiger partial charge is 0.323 e. The van der Waals surface area contributed by atoms with Crippen molar-refractivity contribution in [1.29, 1.82) is 0 Å². The third kappa shape index (κ3) is 3.57. The van der Waals surface area contributed by atoms with E-state index in [4.69, 9.17) is 5.73 Å². The van der Waals surface area contributed by atoms with Crippen LogP contribution in [0.5, 0.6) is 0 Å². The summed E-state index contributed by atoms with van der Waals surface area (Å²) >= 11 is 0. The predicted molar refractivity (Wildman–Crippen MR) is 104 cm³/mol. The first kappa shape index (κ1) is 19.1. The fraction of sp³-hybridized carbons (Fsp3) is 0.200. The molecule has 2 aromatic rings.